The van der Waals surface area contributed by atoms with Crippen LogP contribution in [0.2, 0.25) is 0 Å². The summed E-state index contributed by atoms with van der Waals surface area (Å²) in [5.74, 6) is 0.797. The van der Waals surface area contributed by atoms with Gasteiger partial charge in [-0.15, -0.1) is 0 Å². The van der Waals surface area contributed by atoms with Crippen LogP contribution in [0.15, 0.2) is 59.6 Å². The van der Waals surface area contributed by atoms with Crippen molar-refractivity contribution in [2.45, 2.75) is 26.1 Å². The van der Waals surface area contributed by atoms with Crippen LogP contribution < -0.4 is 10.6 Å². The van der Waals surface area contributed by atoms with Gasteiger partial charge >= 0.3 is 6.18 Å². The topological polar surface area (TPSA) is 39.7 Å². The Morgan fingerprint density at radius 2 is 1.83 bits per heavy atom. The molecule has 1 aliphatic heterocycles. The zero-order chi connectivity index (χ0) is 20.7. The van der Waals surface area contributed by atoms with E-state index in [-0.39, 0.29) is 5.92 Å². The monoisotopic (exact) mass is 404 g/mol. The molecule has 1 heterocycles. The quantitative estimate of drug-likeness (QED) is 0.553. The molecule has 1 aliphatic rings. The summed E-state index contributed by atoms with van der Waals surface area (Å²) in [5, 5.41) is 6.59. The van der Waals surface area contributed by atoms with Crippen molar-refractivity contribution in [1.82, 2.24) is 10.2 Å². The lowest BCUT2D eigenvalue weighted by Gasteiger charge is -2.19. The number of hydrogen-bond acceptors (Lipinski definition) is 2. The Kier molecular flexibility index (Phi) is 7.14. The first kappa shape index (κ1) is 21.2. The van der Waals surface area contributed by atoms with Crippen molar-refractivity contribution in [3.63, 3.8) is 0 Å². The Hall–Kier alpha value is -2.54. The number of anilines is 1. The third-order valence-corrected chi connectivity index (χ3v) is 4.91. The molecule has 0 bridgehead atoms. The molecule has 0 radical (unpaired) electrons. The SMILES string of the molecule is Cc1ccc(CN=C(NCC2CCN(CC(F)(F)F)C2)Nc2ccccc2)cc1. The van der Waals surface area contributed by atoms with E-state index in [1.54, 1.807) is 0 Å². The van der Waals surface area contributed by atoms with E-state index >= 15 is 0 Å². The van der Waals surface area contributed by atoms with Gasteiger partial charge in [-0.3, -0.25) is 4.90 Å². The molecule has 0 amide bonds. The maximum atomic E-state index is 12.6. The van der Waals surface area contributed by atoms with Gasteiger partial charge in [0.05, 0.1) is 13.1 Å². The van der Waals surface area contributed by atoms with E-state index in [4.69, 9.17) is 0 Å². The van der Waals surface area contributed by atoms with E-state index in [1.165, 1.54) is 10.5 Å². The van der Waals surface area contributed by atoms with Crippen molar-refractivity contribution in [2.75, 3.05) is 31.5 Å². The summed E-state index contributed by atoms with van der Waals surface area (Å²) < 4.78 is 37.8. The summed E-state index contributed by atoms with van der Waals surface area (Å²) in [5.41, 5.74) is 3.21. The molecule has 29 heavy (non-hydrogen) atoms. The Labute approximate surface area is 169 Å². The highest BCUT2D eigenvalue weighted by Crippen LogP contribution is 2.22. The molecule has 7 heteroatoms. The van der Waals surface area contributed by atoms with Crippen molar-refractivity contribution >= 4 is 11.6 Å². The fraction of sp³-hybridized carbons (Fsp3) is 0.409. The van der Waals surface area contributed by atoms with Crippen LogP contribution in [0.5, 0.6) is 0 Å². The number of benzene rings is 2. The number of nitrogens with zero attached hydrogens (tertiary/aromatic N) is 2. The van der Waals surface area contributed by atoms with Crippen LogP contribution >= 0.6 is 0 Å². The number of nitrogens with one attached hydrogen (secondary N) is 2. The predicted octanol–water partition coefficient (Wildman–Crippen LogP) is 4.44. The average Bonchev–Trinajstić information content (AvgIpc) is 3.11. The van der Waals surface area contributed by atoms with E-state index in [0.717, 1.165) is 17.7 Å². The van der Waals surface area contributed by atoms with E-state index in [0.29, 0.717) is 32.1 Å². The Balaban J connectivity index is 1.59. The van der Waals surface area contributed by atoms with Crippen LogP contribution in [0.1, 0.15) is 17.5 Å². The summed E-state index contributed by atoms with van der Waals surface area (Å²) in [7, 11) is 0. The highest BCUT2D eigenvalue weighted by atomic mass is 19.4. The van der Waals surface area contributed by atoms with E-state index < -0.39 is 12.7 Å². The number of aryl methyl sites for hydroxylation is 1. The lowest BCUT2D eigenvalue weighted by atomic mass is 10.1. The number of alkyl halides is 3. The first-order valence-corrected chi connectivity index (χ1v) is 9.82. The smallest absolute Gasteiger partial charge is 0.356 e. The minimum Gasteiger partial charge on any atom is -0.356 e. The van der Waals surface area contributed by atoms with Crippen LogP contribution in [-0.4, -0.2) is 43.2 Å². The normalized spacial score (nSPS) is 18.1. The lowest BCUT2D eigenvalue weighted by Crippen LogP contribution is -2.37. The van der Waals surface area contributed by atoms with Crippen molar-refractivity contribution in [1.29, 1.82) is 0 Å². The molecule has 156 valence electrons. The third-order valence-electron chi connectivity index (χ3n) is 4.91. The Bertz CT molecular complexity index is 788. The van der Waals surface area contributed by atoms with Gasteiger partial charge in [0.1, 0.15) is 0 Å². The first-order chi connectivity index (χ1) is 13.9. The zero-order valence-corrected chi connectivity index (χ0v) is 16.5. The molecule has 0 spiro atoms. The van der Waals surface area contributed by atoms with Gasteiger partial charge < -0.3 is 10.6 Å². The number of guanidine groups is 1. The minimum atomic E-state index is -4.14. The van der Waals surface area contributed by atoms with Gasteiger partial charge in [-0.05, 0) is 43.5 Å². The number of para-hydroxylation sites is 1. The molecule has 0 saturated carbocycles. The van der Waals surface area contributed by atoms with Crippen LogP contribution in [-0.2, 0) is 6.54 Å². The van der Waals surface area contributed by atoms with Crippen molar-refractivity contribution in [2.24, 2.45) is 10.9 Å². The Morgan fingerprint density at radius 1 is 1.10 bits per heavy atom. The summed E-state index contributed by atoms with van der Waals surface area (Å²) in [6, 6.07) is 17.9. The predicted molar refractivity (Wildman–Crippen MR) is 111 cm³/mol. The summed E-state index contributed by atoms with van der Waals surface area (Å²) in [4.78, 5) is 6.13. The van der Waals surface area contributed by atoms with Crippen molar-refractivity contribution in [3.8, 4) is 0 Å². The van der Waals surface area contributed by atoms with E-state index in [9.17, 15) is 13.2 Å². The molecule has 0 aromatic heterocycles. The third kappa shape index (κ3) is 7.42. The van der Waals surface area contributed by atoms with Crippen LogP contribution in [0, 0.1) is 12.8 Å². The zero-order valence-electron chi connectivity index (χ0n) is 16.5. The fourth-order valence-electron chi connectivity index (χ4n) is 3.38. The van der Waals surface area contributed by atoms with E-state index in [1.807, 2.05) is 49.4 Å². The second-order valence-electron chi connectivity index (χ2n) is 7.53. The van der Waals surface area contributed by atoms with Gasteiger partial charge in [0.2, 0.25) is 0 Å². The molecule has 2 aromatic rings. The number of hydrogen-bond donors (Lipinski definition) is 2. The van der Waals surface area contributed by atoms with Gasteiger partial charge in [-0.2, -0.15) is 13.2 Å². The summed E-state index contributed by atoms with van der Waals surface area (Å²) >= 11 is 0. The average molecular weight is 404 g/mol. The van der Waals surface area contributed by atoms with E-state index in [2.05, 4.69) is 27.8 Å². The maximum Gasteiger partial charge on any atom is 0.401 e. The van der Waals surface area contributed by atoms with Crippen molar-refractivity contribution < 1.29 is 13.2 Å². The van der Waals surface area contributed by atoms with Crippen molar-refractivity contribution in [3.05, 3.63) is 65.7 Å². The van der Waals surface area contributed by atoms with Gasteiger partial charge in [0.25, 0.3) is 0 Å². The molecule has 1 fully saturated rings. The Morgan fingerprint density at radius 3 is 2.52 bits per heavy atom. The number of rotatable bonds is 6. The summed E-state index contributed by atoms with van der Waals surface area (Å²) in [6.07, 6.45) is -3.39. The highest BCUT2D eigenvalue weighted by molar-refractivity contribution is 5.93. The second kappa shape index (κ2) is 9.78. The van der Waals surface area contributed by atoms with Gasteiger partial charge in [0, 0.05) is 18.8 Å². The fourth-order valence-corrected chi connectivity index (χ4v) is 3.38. The minimum absolute atomic E-state index is 0.166. The molecular weight excluding hydrogens is 377 g/mol. The summed E-state index contributed by atoms with van der Waals surface area (Å²) in [6.45, 7) is 3.24. The molecule has 1 unspecified atom stereocenters. The standard InChI is InChI=1S/C22H27F3N4/c1-17-7-9-18(10-8-17)13-26-21(28-20-5-3-2-4-6-20)27-14-19-11-12-29(15-19)16-22(23,24)25/h2-10,19H,11-16H2,1H3,(H2,26,27,28). The van der Waals surface area contributed by atoms with Gasteiger partial charge in [-0.1, -0.05) is 48.0 Å². The second-order valence-corrected chi connectivity index (χ2v) is 7.53. The molecule has 2 aromatic carbocycles. The molecular formula is C22H27F3N4. The molecule has 4 nitrogen and oxygen atoms in total. The molecule has 2 N–H and O–H groups in total. The van der Waals surface area contributed by atoms with Crippen LogP contribution in [0.4, 0.5) is 18.9 Å². The molecule has 3 rings (SSSR count). The molecule has 0 aliphatic carbocycles. The number of aliphatic imine (C=N–C) groups is 1. The van der Waals surface area contributed by atoms with Crippen LogP contribution in [0.3, 0.4) is 0 Å². The number of likely N-dealkylation sites (tertiary alicyclic amines) is 1. The molecule has 1 saturated heterocycles. The molecule has 1 atom stereocenters. The van der Waals surface area contributed by atoms with Gasteiger partial charge in [-0.25, -0.2) is 4.99 Å². The lowest BCUT2D eigenvalue weighted by molar-refractivity contribution is -0.143. The highest BCUT2D eigenvalue weighted by Gasteiger charge is 2.34. The van der Waals surface area contributed by atoms with Crippen LogP contribution in [0.25, 0.3) is 0 Å². The maximum absolute atomic E-state index is 12.6. The first-order valence-electron chi connectivity index (χ1n) is 9.82. The number of halogens is 3. The largest absolute Gasteiger partial charge is 0.401 e. The van der Waals surface area contributed by atoms with Gasteiger partial charge in [0.15, 0.2) is 5.96 Å².